The Morgan fingerprint density at radius 1 is 1.06 bits per heavy atom. The molecule has 152 valence electrons. The predicted octanol–water partition coefficient (Wildman–Crippen LogP) is 4.38. The number of nitrogens with one attached hydrogen (secondary N) is 1. The molecule has 0 radical (unpaired) electrons. The molecular weight excluding hydrogens is 482 g/mol. The fourth-order valence-corrected chi connectivity index (χ4v) is 4.30. The molecule has 0 atom stereocenters. The van der Waals surface area contributed by atoms with E-state index in [1.807, 2.05) is 11.4 Å². The average molecular weight is 494 g/mol. The van der Waals surface area contributed by atoms with Crippen LogP contribution in [0.15, 0.2) is 84.5 Å². The van der Waals surface area contributed by atoms with E-state index in [1.165, 1.54) is 17.4 Å². The number of nitrogens with zero attached hydrogens (tertiary/aromatic N) is 2. The normalized spacial score (nSPS) is 11.1. The van der Waals surface area contributed by atoms with Gasteiger partial charge >= 0.3 is 5.63 Å². The van der Waals surface area contributed by atoms with Crippen molar-refractivity contribution in [2.24, 2.45) is 0 Å². The Bertz CT molecular complexity index is 1590. The van der Waals surface area contributed by atoms with E-state index in [-0.39, 0.29) is 11.4 Å². The molecule has 0 bridgehead atoms. The van der Waals surface area contributed by atoms with E-state index in [9.17, 15) is 14.4 Å². The maximum Gasteiger partial charge on any atom is 0.349 e. The van der Waals surface area contributed by atoms with Gasteiger partial charge in [0.2, 0.25) is 0 Å². The Balaban J connectivity index is 1.66. The number of benzene rings is 2. The molecule has 9 heteroatoms. The van der Waals surface area contributed by atoms with Gasteiger partial charge in [0.05, 0.1) is 15.8 Å². The van der Waals surface area contributed by atoms with Crippen molar-refractivity contribution in [3.63, 3.8) is 0 Å². The Labute approximate surface area is 186 Å². The standard InChI is InChI=1S/C22H12BrN3O4S/c23-13-7-8-17-12(10-13)11-15(22(29)30-17)20(27)25-26-19(18-6-3-9-31-18)24-16-5-2-1-4-14(16)21(26)28/h1-11H,(H,25,27). The third kappa shape index (κ3) is 3.47. The van der Waals surface area contributed by atoms with Crippen LogP contribution in [0.3, 0.4) is 0 Å². The summed E-state index contributed by atoms with van der Waals surface area (Å²) >= 11 is 4.74. The van der Waals surface area contributed by atoms with Gasteiger partial charge in [-0.25, -0.2) is 9.78 Å². The topological polar surface area (TPSA) is 94.2 Å². The molecule has 5 rings (SSSR count). The smallest absolute Gasteiger partial charge is 0.349 e. The molecule has 5 aromatic rings. The first-order chi connectivity index (χ1) is 15.0. The third-order valence-electron chi connectivity index (χ3n) is 4.67. The number of carbonyl (C=O) groups is 1. The van der Waals surface area contributed by atoms with Gasteiger partial charge in [0, 0.05) is 9.86 Å². The highest BCUT2D eigenvalue weighted by molar-refractivity contribution is 9.10. The molecule has 31 heavy (non-hydrogen) atoms. The van der Waals surface area contributed by atoms with Gasteiger partial charge < -0.3 is 4.42 Å². The summed E-state index contributed by atoms with van der Waals surface area (Å²) in [7, 11) is 0. The van der Waals surface area contributed by atoms with Gasteiger partial charge in [-0.05, 0) is 47.8 Å². The summed E-state index contributed by atoms with van der Waals surface area (Å²) in [4.78, 5) is 43.8. The SMILES string of the molecule is O=C(Nn1c(-c2cccs2)nc2ccccc2c1=O)c1cc2cc(Br)ccc2oc1=O. The van der Waals surface area contributed by atoms with Gasteiger partial charge in [-0.1, -0.05) is 34.1 Å². The Kier molecular flexibility index (Phi) is 4.76. The lowest BCUT2D eigenvalue weighted by atomic mass is 10.2. The Morgan fingerprint density at radius 2 is 1.90 bits per heavy atom. The van der Waals surface area contributed by atoms with Gasteiger partial charge in [-0.3, -0.25) is 15.0 Å². The van der Waals surface area contributed by atoms with Crippen molar-refractivity contribution < 1.29 is 9.21 Å². The quantitative estimate of drug-likeness (QED) is 0.376. The van der Waals surface area contributed by atoms with Crippen LogP contribution in [0.2, 0.25) is 0 Å². The van der Waals surface area contributed by atoms with Gasteiger partial charge in [0.25, 0.3) is 11.5 Å². The number of hydrogen-bond donors (Lipinski definition) is 1. The average Bonchev–Trinajstić information content (AvgIpc) is 3.30. The molecule has 2 aromatic carbocycles. The first kappa shape index (κ1) is 19.4. The molecule has 0 fully saturated rings. The van der Waals surface area contributed by atoms with E-state index in [4.69, 9.17) is 4.42 Å². The summed E-state index contributed by atoms with van der Waals surface area (Å²) < 4.78 is 7.12. The maximum absolute atomic E-state index is 13.2. The third-order valence-corrected chi connectivity index (χ3v) is 6.03. The highest BCUT2D eigenvalue weighted by Crippen LogP contribution is 2.23. The minimum atomic E-state index is -0.799. The summed E-state index contributed by atoms with van der Waals surface area (Å²) in [6, 6.07) is 17.0. The molecule has 0 unspecified atom stereocenters. The Morgan fingerprint density at radius 3 is 2.71 bits per heavy atom. The lowest BCUT2D eigenvalue weighted by Gasteiger charge is -2.13. The monoisotopic (exact) mass is 493 g/mol. The van der Waals surface area contributed by atoms with E-state index in [0.29, 0.717) is 26.7 Å². The van der Waals surface area contributed by atoms with E-state index in [1.54, 1.807) is 48.5 Å². The summed E-state index contributed by atoms with van der Waals surface area (Å²) in [6.45, 7) is 0. The van der Waals surface area contributed by atoms with Crippen LogP contribution in [0.4, 0.5) is 0 Å². The van der Waals surface area contributed by atoms with Gasteiger partial charge in [0.1, 0.15) is 11.1 Å². The first-order valence-corrected chi connectivity index (χ1v) is 10.8. The lowest BCUT2D eigenvalue weighted by molar-refractivity contribution is 0.100. The van der Waals surface area contributed by atoms with Crippen LogP contribution in [0.5, 0.6) is 0 Å². The van der Waals surface area contributed by atoms with E-state index in [0.717, 1.165) is 9.15 Å². The van der Waals surface area contributed by atoms with Crippen LogP contribution in [0.25, 0.3) is 32.6 Å². The zero-order valence-corrected chi connectivity index (χ0v) is 18.1. The number of thiophene rings is 1. The van der Waals surface area contributed by atoms with Gasteiger partial charge in [-0.2, -0.15) is 4.68 Å². The second-order valence-corrected chi connectivity index (χ2v) is 8.50. The maximum atomic E-state index is 13.2. The lowest BCUT2D eigenvalue weighted by Crippen LogP contribution is -2.36. The summed E-state index contributed by atoms with van der Waals surface area (Å²) in [5.74, 6) is -0.493. The van der Waals surface area contributed by atoms with Crippen molar-refractivity contribution >= 4 is 55.0 Å². The summed E-state index contributed by atoms with van der Waals surface area (Å²) in [5, 5.41) is 2.76. The minimum absolute atomic E-state index is 0.220. The van der Waals surface area contributed by atoms with E-state index < -0.39 is 17.1 Å². The summed E-state index contributed by atoms with van der Waals surface area (Å²) in [5.41, 5.74) is 1.93. The number of para-hydroxylation sites is 1. The molecule has 0 spiro atoms. The molecule has 0 aliphatic carbocycles. The Hall–Kier alpha value is -3.56. The van der Waals surface area contributed by atoms with Crippen molar-refractivity contribution in [2.45, 2.75) is 0 Å². The zero-order valence-electron chi connectivity index (χ0n) is 15.7. The number of hydrogen-bond acceptors (Lipinski definition) is 6. The number of fused-ring (bicyclic) bond motifs is 2. The van der Waals surface area contributed by atoms with Gasteiger partial charge in [0.15, 0.2) is 5.82 Å². The van der Waals surface area contributed by atoms with Crippen molar-refractivity contribution in [1.82, 2.24) is 9.66 Å². The van der Waals surface area contributed by atoms with E-state index >= 15 is 0 Å². The number of halogens is 1. The summed E-state index contributed by atoms with van der Waals surface area (Å²) in [6.07, 6.45) is 0. The minimum Gasteiger partial charge on any atom is -0.422 e. The van der Waals surface area contributed by atoms with Crippen molar-refractivity contribution in [3.05, 3.63) is 96.9 Å². The molecule has 7 nitrogen and oxygen atoms in total. The zero-order chi connectivity index (χ0) is 21.5. The molecule has 1 amide bonds. The largest absolute Gasteiger partial charge is 0.422 e. The molecule has 3 aromatic heterocycles. The molecule has 0 saturated carbocycles. The van der Waals surface area contributed by atoms with Crippen LogP contribution in [0.1, 0.15) is 10.4 Å². The van der Waals surface area contributed by atoms with Crippen LogP contribution in [-0.4, -0.2) is 15.6 Å². The van der Waals surface area contributed by atoms with Crippen molar-refractivity contribution in [3.8, 4) is 10.7 Å². The van der Waals surface area contributed by atoms with Crippen LogP contribution >= 0.6 is 27.3 Å². The fourth-order valence-electron chi connectivity index (χ4n) is 3.22. The fraction of sp³-hybridized carbons (Fsp3) is 0. The number of amides is 1. The number of rotatable bonds is 3. The molecule has 0 saturated heterocycles. The number of aromatic nitrogens is 2. The highest BCUT2D eigenvalue weighted by Gasteiger charge is 2.19. The van der Waals surface area contributed by atoms with Crippen molar-refractivity contribution in [2.75, 3.05) is 5.43 Å². The van der Waals surface area contributed by atoms with Crippen LogP contribution in [0, 0.1) is 0 Å². The van der Waals surface area contributed by atoms with Crippen molar-refractivity contribution in [1.29, 1.82) is 0 Å². The first-order valence-electron chi connectivity index (χ1n) is 9.12. The second kappa shape index (κ2) is 7.60. The second-order valence-electron chi connectivity index (χ2n) is 6.64. The molecular formula is C22H12BrN3O4S. The van der Waals surface area contributed by atoms with Gasteiger partial charge in [-0.15, -0.1) is 11.3 Å². The number of carbonyl (C=O) groups excluding carboxylic acids is 1. The van der Waals surface area contributed by atoms with Crippen LogP contribution in [-0.2, 0) is 0 Å². The molecule has 1 N–H and O–H groups in total. The highest BCUT2D eigenvalue weighted by atomic mass is 79.9. The van der Waals surface area contributed by atoms with Crippen LogP contribution < -0.4 is 16.6 Å². The molecule has 0 aliphatic heterocycles. The molecule has 3 heterocycles. The van der Waals surface area contributed by atoms with E-state index in [2.05, 4.69) is 26.3 Å². The molecule has 0 aliphatic rings. The predicted molar refractivity (Wildman–Crippen MR) is 123 cm³/mol.